The summed E-state index contributed by atoms with van der Waals surface area (Å²) < 4.78 is 11.6. The fourth-order valence-electron chi connectivity index (χ4n) is 5.49. The average molecular weight is 627 g/mol. The number of benzene rings is 3. The van der Waals surface area contributed by atoms with Crippen molar-refractivity contribution in [2.24, 2.45) is 11.8 Å². The highest BCUT2D eigenvalue weighted by Gasteiger charge is 2.26. The molecule has 1 aliphatic heterocycles. The van der Waals surface area contributed by atoms with Crippen LogP contribution in [0.2, 0.25) is 0 Å². The Morgan fingerprint density at radius 1 is 0.935 bits per heavy atom. The molecule has 4 atom stereocenters. The molecule has 244 valence electrons. The van der Waals surface area contributed by atoms with Crippen LogP contribution in [0.5, 0.6) is 5.75 Å². The molecule has 1 heterocycles. The SMILES string of the molecule is CC1CNC(=O)C(CC(=O)NC(CO)Cc2ccc(OCc3ccccc3)cc2)CC=CCCCC(Cc2ccccc2)C(=O)O1. The quantitative estimate of drug-likeness (QED) is 0.196. The van der Waals surface area contributed by atoms with Crippen molar-refractivity contribution in [3.63, 3.8) is 0 Å². The molecule has 1 aliphatic rings. The fourth-order valence-corrected chi connectivity index (χ4v) is 5.49. The first-order chi connectivity index (χ1) is 22.4. The Hall–Kier alpha value is -4.43. The maximum absolute atomic E-state index is 13.1. The number of ether oxygens (including phenoxy) is 2. The van der Waals surface area contributed by atoms with E-state index in [2.05, 4.69) is 10.6 Å². The molecule has 0 bridgehead atoms. The number of carbonyl (C=O) groups is 3. The van der Waals surface area contributed by atoms with Gasteiger partial charge in [0.05, 0.1) is 31.0 Å². The Kier molecular flexibility index (Phi) is 13.9. The molecule has 0 saturated carbocycles. The highest BCUT2D eigenvalue weighted by Crippen LogP contribution is 2.20. The summed E-state index contributed by atoms with van der Waals surface area (Å²) in [4.78, 5) is 39.2. The van der Waals surface area contributed by atoms with E-state index in [1.165, 1.54) is 0 Å². The van der Waals surface area contributed by atoms with E-state index in [1.807, 2.05) is 97.1 Å². The smallest absolute Gasteiger partial charge is 0.309 e. The molecule has 8 nitrogen and oxygen atoms in total. The number of hydrogen-bond donors (Lipinski definition) is 3. The summed E-state index contributed by atoms with van der Waals surface area (Å²) in [5.74, 6) is -0.938. The van der Waals surface area contributed by atoms with Crippen molar-refractivity contribution >= 4 is 17.8 Å². The second-order valence-corrected chi connectivity index (χ2v) is 12.0. The Labute approximate surface area is 272 Å². The van der Waals surface area contributed by atoms with Crippen molar-refractivity contribution in [3.8, 4) is 5.75 Å². The molecule has 4 unspecified atom stereocenters. The molecular formula is C38H46N2O6. The van der Waals surface area contributed by atoms with E-state index in [0.29, 0.717) is 32.3 Å². The third kappa shape index (κ3) is 11.8. The summed E-state index contributed by atoms with van der Waals surface area (Å²) in [6.45, 7) is 2.16. The Bertz CT molecular complexity index is 1390. The molecule has 46 heavy (non-hydrogen) atoms. The molecule has 4 rings (SSSR count). The van der Waals surface area contributed by atoms with Gasteiger partial charge in [0.15, 0.2) is 0 Å². The van der Waals surface area contributed by atoms with Crippen molar-refractivity contribution in [1.82, 2.24) is 10.6 Å². The molecule has 3 aromatic carbocycles. The standard InChI is InChI=1S/C38H46N2O6/c1-28-25-39-37(43)32(16-10-2-3-11-17-33(38(44)46-28)22-29-12-6-4-7-13-29)24-36(42)40-34(26-41)23-30-18-20-35(21-19-30)45-27-31-14-8-5-9-15-31/h2,4-10,12-15,18-21,28,32-34,41H,3,11,16-17,22-27H2,1H3,(H,39,43)(H,40,42). The average Bonchev–Trinajstić information content (AvgIpc) is 3.07. The van der Waals surface area contributed by atoms with Crippen LogP contribution in [0.4, 0.5) is 0 Å². The van der Waals surface area contributed by atoms with Gasteiger partial charge in [-0.05, 0) is 74.3 Å². The monoisotopic (exact) mass is 626 g/mol. The van der Waals surface area contributed by atoms with Crippen LogP contribution in [-0.2, 0) is 38.6 Å². The lowest BCUT2D eigenvalue weighted by atomic mass is 9.93. The van der Waals surface area contributed by atoms with E-state index in [9.17, 15) is 19.5 Å². The lowest BCUT2D eigenvalue weighted by Crippen LogP contribution is -2.42. The number of rotatable bonds is 11. The van der Waals surface area contributed by atoms with Crippen molar-refractivity contribution in [1.29, 1.82) is 0 Å². The van der Waals surface area contributed by atoms with E-state index < -0.39 is 18.1 Å². The summed E-state index contributed by atoms with van der Waals surface area (Å²) in [5, 5.41) is 15.8. The minimum absolute atomic E-state index is 0.0216. The van der Waals surface area contributed by atoms with Crippen LogP contribution in [0.3, 0.4) is 0 Å². The van der Waals surface area contributed by atoms with Crippen LogP contribution < -0.4 is 15.4 Å². The van der Waals surface area contributed by atoms with E-state index in [4.69, 9.17) is 9.47 Å². The zero-order valence-electron chi connectivity index (χ0n) is 26.6. The van der Waals surface area contributed by atoms with Gasteiger partial charge in [-0.25, -0.2) is 0 Å². The molecule has 0 saturated heterocycles. The van der Waals surface area contributed by atoms with Crippen molar-refractivity contribution in [2.75, 3.05) is 13.2 Å². The summed E-state index contributed by atoms with van der Waals surface area (Å²) in [6, 6.07) is 26.9. The van der Waals surface area contributed by atoms with Gasteiger partial charge >= 0.3 is 5.97 Å². The molecule has 0 radical (unpaired) electrons. The van der Waals surface area contributed by atoms with Crippen LogP contribution in [0.1, 0.15) is 55.7 Å². The van der Waals surface area contributed by atoms with E-state index in [-0.39, 0.29) is 43.3 Å². The number of allylic oxidation sites excluding steroid dienone is 2. The van der Waals surface area contributed by atoms with Crippen LogP contribution in [0.25, 0.3) is 0 Å². The number of amides is 2. The number of carbonyl (C=O) groups excluding carboxylic acids is 3. The number of nitrogens with one attached hydrogen (secondary N) is 2. The van der Waals surface area contributed by atoms with E-state index in [0.717, 1.165) is 35.3 Å². The Morgan fingerprint density at radius 3 is 2.33 bits per heavy atom. The van der Waals surface area contributed by atoms with Crippen LogP contribution in [0, 0.1) is 11.8 Å². The van der Waals surface area contributed by atoms with Crippen LogP contribution in [0.15, 0.2) is 97.1 Å². The number of aliphatic hydroxyl groups excluding tert-OH is 1. The first-order valence-electron chi connectivity index (χ1n) is 16.2. The molecule has 3 N–H and O–H groups in total. The normalized spacial score (nSPS) is 20.1. The van der Waals surface area contributed by atoms with E-state index >= 15 is 0 Å². The zero-order chi connectivity index (χ0) is 32.6. The minimum atomic E-state index is -0.590. The van der Waals surface area contributed by atoms with Crippen molar-refractivity contribution < 1.29 is 29.0 Å². The molecule has 0 spiro atoms. The molecule has 0 aliphatic carbocycles. The highest BCUT2D eigenvalue weighted by molar-refractivity contribution is 5.86. The molecule has 3 aromatic rings. The predicted molar refractivity (Wildman–Crippen MR) is 178 cm³/mol. The molecule has 2 amide bonds. The van der Waals surface area contributed by atoms with Gasteiger partial charge in [0, 0.05) is 6.42 Å². The van der Waals surface area contributed by atoms with Crippen LogP contribution >= 0.6 is 0 Å². The molecule has 0 fully saturated rings. The van der Waals surface area contributed by atoms with Gasteiger partial charge in [0.1, 0.15) is 18.5 Å². The second-order valence-electron chi connectivity index (χ2n) is 12.0. The maximum Gasteiger partial charge on any atom is 0.309 e. The number of aliphatic hydroxyl groups is 1. The summed E-state index contributed by atoms with van der Waals surface area (Å²) >= 11 is 0. The summed E-state index contributed by atoms with van der Waals surface area (Å²) in [5.41, 5.74) is 3.12. The van der Waals surface area contributed by atoms with Gasteiger partial charge in [-0.1, -0.05) is 84.9 Å². The zero-order valence-corrected chi connectivity index (χ0v) is 26.6. The van der Waals surface area contributed by atoms with E-state index in [1.54, 1.807) is 6.92 Å². The molecular weight excluding hydrogens is 580 g/mol. The lowest BCUT2D eigenvalue weighted by Gasteiger charge is -2.22. The highest BCUT2D eigenvalue weighted by atomic mass is 16.5. The first kappa shape index (κ1) is 34.4. The first-order valence-corrected chi connectivity index (χ1v) is 16.2. The topological polar surface area (TPSA) is 114 Å². The molecule has 0 aromatic heterocycles. The van der Waals surface area contributed by atoms with Gasteiger partial charge in [-0.15, -0.1) is 0 Å². The third-order valence-corrected chi connectivity index (χ3v) is 8.09. The maximum atomic E-state index is 13.1. The van der Waals surface area contributed by atoms with Gasteiger partial charge in [-0.3, -0.25) is 14.4 Å². The number of esters is 1. The lowest BCUT2D eigenvalue weighted by molar-refractivity contribution is -0.153. The second kappa shape index (κ2) is 18.5. The predicted octanol–water partition coefficient (Wildman–Crippen LogP) is 5.33. The molecule has 8 heteroatoms. The van der Waals surface area contributed by atoms with Crippen LogP contribution in [-0.4, -0.2) is 48.2 Å². The number of hydrogen-bond acceptors (Lipinski definition) is 6. The minimum Gasteiger partial charge on any atom is -0.489 e. The van der Waals surface area contributed by atoms with Gasteiger partial charge in [0.25, 0.3) is 0 Å². The summed E-state index contributed by atoms with van der Waals surface area (Å²) in [6.07, 6.45) is 7.18. The third-order valence-electron chi connectivity index (χ3n) is 8.09. The van der Waals surface area contributed by atoms with Crippen molar-refractivity contribution in [3.05, 3.63) is 114 Å². The number of cyclic esters (lactones) is 1. The Morgan fingerprint density at radius 2 is 1.63 bits per heavy atom. The van der Waals surface area contributed by atoms with Crippen molar-refractivity contribution in [2.45, 2.75) is 70.6 Å². The Balaban J connectivity index is 1.28. The van der Waals surface area contributed by atoms with Gasteiger partial charge < -0.3 is 25.2 Å². The van der Waals surface area contributed by atoms with Gasteiger partial charge in [-0.2, -0.15) is 0 Å². The summed E-state index contributed by atoms with van der Waals surface area (Å²) in [7, 11) is 0. The fraction of sp³-hybridized carbons (Fsp3) is 0.395. The van der Waals surface area contributed by atoms with Gasteiger partial charge in [0.2, 0.25) is 11.8 Å². The largest absolute Gasteiger partial charge is 0.489 e.